The van der Waals surface area contributed by atoms with Gasteiger partial charge in [-0.05, 0) is 18.6 Å². The average molecular weight is 281 g/mol. The monoisotopic (exact) mass is 281 g/mol. The van der Waals surface area contributed by atoms with E-state index in [9.17, 15) is 14.7 Å². The molecule has 2 N–H and O–H groups in total. The van der Waals surface area contributed by atoms with Crippen molar-refractivity contribution in [3.05, 3.63) is 29.8 Å². The molecule has 0 heterocycles. The van der Waals surface area contributed by atoms with Crippen LogP contribution in [-0.4, -0.2) is 43.3 Å². The van der Waals surface area contributed by atoms with Gasteiger partial charge in [0.05, 0.1) is 25.9 Å². The van der Waals surface area contributed by atoms with Crippen LogP contribution in [0.15, 0.2) is 24.3 Å². The first-order chi connectivity index (χ1) is 9.63. The first-order valence-corrected chi connectivity index (χ1v) is 6.35. The maximum Gasteiger partial charge on any atom is 0.331 e. The highest BCUT2D eigenvalue weighted by atomic mass is 16.5. The normalized spacial score (nSPS) is 11.6. The summed E-state index contributed by atoms with van der Waals surface area (Å²) >= 11 is 0. The molecule has 0 fully saturated rings. The van der Waals surface area contributed by atoms with Crippen molar-refractivity contribution in [3.8, 4) is 5.75 Å². The highest BCUT2D eigenvalue weighted by Gasteiger charge is 2.23. The van der Waals surface area contributed by atoms with Crippen LogP contribution >= 0.6 is 0 Å². The summed E-state index contributed by atoms with van der Waals surface area (Å²) in [4.78, 5) is 23.7. The minimum Gasteiger partial charge on any atom is -0.496 e. The SMILES string of the molecule is CCCOC(=O)[C@H](CO)NC(=O)c1ccccc1OC. The lowest BCUT2D eigenvalue weighted by molar-refractivity contribution is -0.146. The Morgan fingerprint density at radius 1 is 1.35 bits per heavy atom. The number of aliphatic hydroxyl groups excluding tert-OH is 1. The summed E-state index contributed by atoms with van der Waals surface area (Å²) in [5, 5.41) is 11.6. The van der Waals surface area contributed by atoms with E-state index in [0.717, 1.165) is 0 Å². The van der Waals surface area contributed by atoms with E-state index < -0.39 is 24.5 Å². The second-order valence-electron chi connectivity index (χ2n) is 4.08. The molecular formula is C14H19NO5. The number of ether oxygens (including phenoxy) is 2. The summed E-state index contributed by atoms with van der Waals surface area (Å²) in [6, 6.07) is 5.53. The number of benzene rings is 1. The highest BCUT2D eigenvalue weighted by molar-refractivity contribution is 5.99. The summed E-state index contributed by atoms with van der Waals surface area (Å²) in [5.74, 6) is -0.767. The minimum atomic E-state index is -1.08. The molecule has 0 spiro atoms. The van der Waals surface area contributed by atoms with Crippen LogP contribution in [0.2, 0.25) is 0 Å². The lowest BCUT2D eigenvalue weighted by Crippen LogP contribution is -2.44. The van der Waals surface area contributed by atoms with E-state index in [0.29, 0.717) is 12.2 Å². The summed E-state index contributed by atoms with van der Waals surface area (Å²) in [6.45, 7) is 1.58. The zero-order valence-electron chi connectivity index (χ0n) is 11.6. The van der Waals surface area contributed by atoms with Gasteiger partial charge in [-0.2, -0.15) is 0 Å². The van der Waals surface area contributed by atoms with Crippen LogP contribution < -0.4 is 10.1 Å². The van der Waals surface area contributed by atoms with Crippen LogP contribution in [0.1, 0.15) is 23.7 Å². The molecule has 1 aromatic rings. The van der Waals surface area contributed by atoms with Crippen LogP contribution in [0.5, 0.6) is 5.75 Å². The Kier molecular flexibility index (Phi) is 6.52. The number of hydrogen-bond donors (Lipinski definition) is 2. The van der Waals surface area contributed by atoms with Gasteiger partial charge in [-0.25, -0.2) is 4.79 Å². The number of amides is 1. The molecule has 0 saturated heterocycles. The lowest BCUT2D eigenvalue weighted by Gasteiger charge is -2.16. The second-order valence-corrected chi connectivity index (χ2v) is 4.08. The third-order valence-corrected chi connectivity index (χ3v) is 2.57. The molecule has 0 unspecified atom stereocenters. The van der Waals surface area contributed by atoms with Crippen molar-refractivity contribution in [1.29, 1.82) is 0 Å². The molecule has 0 saturated carbocycles. The van der Waals surface area contributed by atoms with Crippen LogP contribution in [0, 0.1) is 0 Å². The molecule has 0 radical (unpaired) electrons. The van der Waals surface area contributed by atoms with Crippen LogP contribution in [0.3, 0.4) is 0 Å². The third kappa shape index (κ3) is 4.24. The van der Waals surface area contributed by atoms with Gasteiger partial charge in [-0.1, -0.05) is 19.1 Å². The van der Waals surface area contributed by atoms with E-state index in [-0.39, 0.29) is 12.2 Å². The lowest BCUT2D eigenvalue weighted by atomic mass is 10.1. The van der Waals surface area contributed by atoms with Crippen molar-refractivity contribution in [2.24, 2.45) is 0 Å². The van der Waals surface area contributed by atoms with Crippen molar-refractivity contribution in [2.45, 2.75) is 19.4 Å². The van der Waals surface area contributed by atoms with Gasteiger partial charge in [0, 0.05) is 0 Å². The molecule has 1 aromatic carbocycles. The molecule has 1 atom stereocenters. The fourth-order valence-corrected chi connectivity index (χ4v) is 1.55. The number of rotatable bonds is 7. The predicted octanol–water partition coefficient (Wildman–Crippen LogP) is 0.739. The third-order valence-electron chi connectivity index (χ3n) is 2.57. The number of carbonyl (C=O) groups is 2. The Morgan fingerprint density at radius 3 is 2.65 bits per heavy atom. The van der Waals surface area contributed by atoms with Gasteiger partial charge in [0.2, 0.25) is 0 Å². The Hall–Kier alpha value is -2.08. The van der Waals surface area contributed by atoms with Crippen molar-refractivity contribution < 1.29 is 24.2 Å². The van der Waals surface area contributed by atoms with Gasteiger partial charge in [-0.15, -0.1) is 0 Å². The van der Waals surface area contributed by atoms with Crippen LogP contribution in [0.4, 0.5) is 0 Å². The van der Waals surface area contributed by atoms with E-state index in [1.54, 1.807) is 24.3 Å². The smallest absolute Gasteiger partial charge is 0.331 e. The number of methoxy groups -OCH3 is 1. The molecule has 0 aliphatic heterocycles. The topological polar surface area (TPSA) is 84.9 Å². The van der Waals surface area contributed by atoms with E-state index >= 15 is 0 Å². The molecule has 6 heteroatoms. The average Bonchev–Trinajstić information content (AvgIpc) is 2.49. The maximum absolute atomic E-state index is 12.1. The predicted molar refractivity (Wildman–Crippen MR) is 72.6 cm³/mol. The van der Waals surface area contributed by atoms with Crippen LogP contribution in [0.25, 0.3) is 0 Å². The van der Waals surface area contributed by atoms with Crippen molar-refractivity contribution in [1.82, 2.24) is 5.32 Å². The first kappa shape index (κ1) is 16.0. The number of aliphatic hydroxyl groups is 1. The molecule has 0 aliphatic rings. The minimum absolute atomic E-state index is 0.250. The zero-order valence-corrected chi connectivity index (χ0v) is 11.6. The van der Waals surface area contributed by atoms with Gasteiger partial charge in [-0.3, -0.25) is 4.79 Å². The maximum atomic E-state index is 12.1. The molecule has 1 rings (SSSR count). The molecule has 110 valence electrons. The Bertz CT molecular complexity index is 461. The van der Waals surface area contributed by atoms with E-state index in [4.69, 9.17) is 9.47 Å². The zero-order chi connectivity index (χ0) is 15.0. The molecule has 1 amide bonds. The molecule has 20 heavy (non-hydrogen) atoms. The van der Waals surface area contributed by atoms with Crippen molar-refractivity contribution in [3.63, 3.8) is 0 Å². The summed E-state index contributed by atoms with van der Waals surface area (Å²) < 4.78 is 9.96. The standard InChI is InChI=1S/C14H19NO5/c1-3-8-20-14(18)11(9-16)15-13(17)10-6-4-5-7-12(10)19-2/h4-7,11,16H,3,8-9H2,1-2H3,(H,15,17)/t11-/m0/s1. The van der Waals surface area contributed by atoms with Gasteiger partial charge >= 0.3 is 5.97 Å². The molecule has 0 aliphatic carbocycles. The van der Waals surface area contributed by atoms with E-state index in [1.807, 2.05) is 6.92 Å². The van der Waals surface area contributed by atoms with E-state index in [1.165, 1.54) is 7.11 Å². The number of carbonyl (C=O) groups excluding carboxylic acids is 2. The molecular weight excluding hydrogens is 262 g/mol. The molecule has 0 aromatic heterocycles. The largest absolute Gasteiger partial charge is 0.496 e. The van der Waals surface area contributed by atoms with Gasteiger partial charge < -0.3 is 19.9 Å². The molecule has 0 bridgehead atoms. The summed E-state index contributed by atoms with van der Waals surface area (Å²) in [6.07, 6.45) is 0.671. The van der Waals surface area contributed by atoms with Gasteiger partial charge in [0.15, 0.2) is 6.04 Å². The Labute approximate surface area is 117 Å². The number of hydrogen-bond acceptors (Lipinski definition) is 5. The summed E-state index contributed by atoms with van der Waals surface area (Å²) in [7, 11) is 1.45. The fraction of sp³-hybridized carbons (Fsp3) is 0.429. The van der Waals surface area contributed by atoms with Gasteiger partial charge in [0.1, 0.15) is 5.75 Å². The van der Waals surface area contributed by atoms with Crippen LogP contribution in [-0.2, 0) is 9.53 Å². The quantitative estimate of drug-likeness (QED) is 0.720. The number of nitrogens with one attached hydrogen (secondary N) is 1. The summed E-state index contributed by atoms with van der Waals surface area (Å²) in [5.41, 5.74) is 0.289. The second kappa shape index (κ2) is 8.16. The highest BCUT2D eigenvalue weighted by Crippen LogP contribution is 2.17. The number of para-hydroxylation sites is 1. The van der Waals surface area contributed by atoms with E-state index in [2.05, 4.69) is 5.32 Å². The Morgan fingerprint density at radius 2 is 2.05 bits per heavy atom. The first-order valence-electron chi connectivity index (χ1n) is 6.35. The van der Waals surface area contributed by atoms with Gasteiger partial charge in [0.25, 0.3) is 5.91 Å². The van der Waals surface area contributed by atoms with Crippen molar-refractivity contribution in [2.75, 3.05) is 20.3 Å². The van der Waals surface area contributed by atoms with Crippen molar-refractivity contribution >= 4 is 11.9 Å². The Balaban J connectivity index is 2.74. The molecule has 6 nitrogen and oxygen atoms in total. The number of esters is 1. The fourth-order valence-electron chi connectivity index (χ4n) is 1.55.